The summed E-state index contributed by atoms with van der Waals surface area (Å²) in [6.07, 6.45) is 4.72. The number of carbonyl (C=O) groups is 1. The highest BCUT2D eigenvalue weighted by atomic mass is 79.9. The molecule has 0 atom stereocenters. The third kappa shape index (κ3) is 3.73. The average molecular weight is 342 g/mol. The first-order chi connectivity index (χ1) is 9.54. The van der Waals surface area contributed by atoms with E-state index >= 15 is 0 Å². The van der Waals surface area contributed by atoms with Crippen LogP contribution in [0.2, 0.25) is 0 Å². The fourth-order valence-electron chi connectivity index (χ4n) is 2.58. The van der Waals surface area contributed by atoms with Crippen LogP contribution in [0.1, 0.15) is 42.5 Å². The van der Waals surface area contributed by atoms with Crippen molar-refractivity contribution >= 4 is 21.8 Å². The maximum atomic E-state index is 12.2. The van der Waals surface area contributed by atoms with Crippen LogP contribution in [0.15, 0.2) is 22.7 Å². The van der Waals surface area contributed by atoms with Gasteiger partial charge in [0.25, 0.3) is 5.91 Å². The number of benzene rings is 1. The fraction of sp³-hybridized carbons (Fsp3) is 0.533. The van der Waals surface area contributed by atoms with Gasteiger partial charge in [-0.2, -0.15) is 0 Å². The van der Waals surface area contributed by atoms with E-state index in [9.17, 15) is 9.90 Å². The topological polar surface area (TPSA) is 58.6 Å². The molecule has 2 rings (SSSR count). The van der Waals surface area contributed by atoms with Crippen LogP contribution < -0.4 is 10.1 Å². The Kier molecular flexibility index (Phi) is 5.05. The molecule has 1 aromatic carbocycles. The third-order valence-electron chi connectivity index (χ3n) is 3.77. The van der Waals surface area contributed by atoms with Crippen LogP contribution in [-0.2, 0) is 0 Å². The first-order valence-corrected chi connectivity index (χ1v) is 7.67. The van der Waals surface area contributed by atoms with Gasteiger partial charge >= 0.3 is 0 Å². The van der Waals surface area contributed by atoms with Crippen LogP contribution in [0.3, 0.4) is 0 Å². The summed E-state index contributed by atoms with van der Waals surface area (Å²) in [7, 11) is 1.53. The van der Waals surface area contributed by atoms with Crippen molar-refractivity contribution < 1.29 is 14.6 Å². The smallest absolute Gasteiger partial charge is 0.255 e. The summed E-state index contributed by atoms with van der Waals surface area (Å²) in [6, 6.07) is 5.26. The zero-order chi connectivity index (χ0) is 14.6. The first-order valence-electron chi connectivity index (χ1n) is 6.88. The SMILES string of the molecule is COc1cc(Br)ccc1C(=O)NCC1(O)CCCCC1. The van der Waals surface area contributed by atoms with E-state index in [2.05, 4.69) is 21.2 Å². The van der Waals surface area contributed by atoms with Crippen molar-refractivity contribution in [2.24, 2.45) is 0 Å². The Hall–Kier alpha value is -1.07. The van der Waals surface area contributed by atoms with Gasteiger partial charge in [0.15, 0.2) is 0 Å². The van der Waals surface area contributed by atoms with Crippen molar-refractivity contribution in [2.75, 3.05) is 13.7 Å². The molecule has 1 fully saturated rings. The number of hydrogen-bond acceptors (Lipinski definition) is 3. The summed E-state index contributed by atoms with van der Waals surface area (Å²) in [5.74, 6) is 0.306. The maximum absolute atomic E-state index is 12.2. The Bertz CT molecular complexity index is 484. The molecule has 110 valence electrons. The summed E-state index contributed by atoms with van der Waals surface area (Å²) >= 11 is 3.34. The standard InChI is InChI=1S/C15H20BrNO3/c1-20-13-9-11(16)5-6-12(13)14(18)17-10-15(19)7-3-2-4-8-15/h5-6,9,19H,2-4,7-8,10H2,1H3,(H,17,18). The van der Waals surface area contributed by atoms with Crippen molar-refractivity contribution in [3.8, 4) is 5.75 Å². The van der Waals surface area contributed by atoms with Gasteiger partial charge < -0.3 is 15.2 Å². The molecule has 4 nitrogen and oxygen atoms in total. The predicted octanol–water partition coefficient (Wildman–Crippen LogP) is 2.88. The summed E-state index contributed by atoms with van der Waals surface area (Å²) in [4.78, 5) is 12.2. The van der Waals surface area contributed by atoms with Gasteiger partial charge in [0.1, 0.15) is 5.75 Å². The van der Waals surface area contributed by atoms with E-state index in [1.165, 1.54) is 7.11 Å². The van der Waals surface area contributed by atoms with Gasteiger partial charge in [0.05, 0.1) is 18.3 Å². The zero-order valence-corrected chi connectivity index (χ0v) is 13.2. The quantitative estimate of drug-likeness (QED) is 0.885. The lowest BCUT2D eigenvalue weighted by Crippen LogP contribution is -2.44. The van der Waals surface area contributed by atoms with Crippen LogP contribution >= 0.6 is 15.9 Å². The minimum Gasteiger partial charge on any atom is -0.496 e. The summed E-state index contributed by atoms with van der Waals surface area (Å²) < 4.78 is 6.07. The molecule has 5 heteroatoms. The highest BCUT2D eigenvalue weighted by Crippen LogP contribution is 2.28. The van der Waals surface area contributed by atoms with Crippen molar-refractivity contribution in [1.29, 1.82) is 0 Å². The van der Waals surface area contributed by atoms with E-state index in [1.54, 1.807) is 18.2 Å². The number of ether oxygens (including phenoxy) is 1. The van der Waals surface area contributed by atoms with E-state index in [0.717, 1.165) is 36.6 Å². The molecular weight excluding hydrogens is 322 g/mol. The maximum Gasteiger partial charge on any atom is 0.255 e. The minimum absolute atomic E-state index is 0.214. The summed E-state index contributed by atoms with van der Waals surface area (Å²) in [6.45, 7) is 0.297. The third-order valence-corrected chi connectivity index (χ3v) is 4.26. The first kappa shape index (κ1) is 15.3. The van der Waals surface area contributed by atoms with Crippen molar-refractivity contribution in [3.63, 3.8) is 0 Å². The molecule has 0 aliphatic heterocycles. The Morgan fingerprint density at radius 2 is 2.10 bits per heavy atom. The van der Waals surface area contributed by atoms with E-state index in [1.807, 2.05) is 0 Å². The van der Waals surface area contributed by atoms with Crippen LogP contribution in [-0.4, -0.2) is 30.3 Å². The zero-order valence-electron chi connectivity index (χ0n) is 11.6. The van der Waals surface area contributed by atoms with Gasteiger partial charge in [-0.25, -0.2) is 0 Å². The van der Waals surface area contributed by atoms with Gasteiger partial charge in [-0.05, 0) is 31.0 Å². The van der Waals surface area contributed by atoms with E-state index in [4.69, 9.17) is 4.74 Å². The van der Waals surface area contributed by atoms with Crippen molar-refractivity contribution in [3.05, 3.63) is 28.2 Å². The number of rotatable bonds is 4. The molecule has 1 aromatic rings. The van der Waals surface area contributed by atoms with E-state index < -0.39 is 5.60 Å². The molecular formula is C15H20BrNO3. The number of aliphatic hydroxyl groups is 1. The molecule has 1 aliphatic rings. The Balaban J connectivity index is 2.01. The fourth-order valence-corrected chi connectivity index (χ4v) is 2.92. The Labute approximate surface area is 127 Å². The van der Waals surface area contributed by atoms with Crippen LogP contribution in [0.5, 0.6) is 5.75 Å². The number of amides is 1. The molecule has 20 heavy (non-hydrogen) atoms. The predicted molar refractivity (Wildman–Crippen MR) is 81.1 cm³/mol. The molecule has 1 aliphatic carbocycles. The van der Waals surface area contributed by atoms with Gasteiger partial charge in [-0.1, -0.05) is 35.2 Å². The Morgan fingerprint density at radius 3 is 2.75 bits per heavy atom. The van der Waals surface area contributed by atoms with Crippen molar-refractivity contribution in [2.45, 2.75) is 37.7 Å². The number of nitrogens with one attached hydrogen (secondary N) is 1. The lowest BCUT2D eigenvalue weighted by Gasteiger charge is -2.32. The van der Waals surface area contributed by atoms with Crippen LogP contribution in [0, 0.1) is 0 Å². The minimum atomic E-state index is -0.753. The lowest BCUT2D eigenvalue weighted by atomic mass is 9.85. The second-order valence-corrected chi connectivity index (χ2v) is 6.23. The second-order valence-electron chi connectivity index (χ2n) is 5.31. The molecule has 0 aromatic heterocycles. The highest BCUT2D eigenvalue weighted by molar-refractivity contribution is 9.10. The van der Waals surface area contributed by atoms with Crippen LogP contribution in [0.25, 0.3) is 0 Å². The van der Waals surface area contributed by atoms with Crippen LogP contribution in [0.4, 0.5) is 0 Å². The number of carbonyl (C=O) groups excluding carboxylic acids is 1. The largest absolute Gasteiger partial charge is 0.496 e. The molecule has 0 radical (unpaired) electrons. The highest BCUT2D eigenvalue weighted by Gasteiger charge is 2.29. The summed E-state index contributed by atoms with van der Waals surface area (Å²) in [5.41, 5.74) is -0.272. The van der Waals surface area contributed by atoms with E-state index in [-0.39, 0.29) is 5.91 Å². The molecule has 0 spiro atoms. The van der Waals surface area contributed by atoms with Gasteiger partial charge in [0.2, 0.25) is 0 Å². The van der Waals surface area contributed by atoms with Gasteiger partial charge in [0, 0.05) is 11.0 Å². The molecule has 2 N–H and O–H groups in total. The number of halogens is 1. The molecule has 0 saturated heterocycles. The number of methoxy groups -OCH3 is 1. The average Bonchev–Trinajstić information content (AvgIpc) is 2.45. The van der Waals surface area contributed by atoms with Crippen molar-refractivity contribution in [1.82, 2.24) is 5.32 Å². The summed E-state index contributed by atoms with van der Waals surface area (Å²) in [5, 5.41) is 13.2. The molecule has 0 heterocycles. The lowest BCUT2D eigenvalue weighted by molar-refractivity contribution is 0.00523. The van der Waals surface area contributed by atoms with Gasteiger partial charge in [-0.15, -0.1) is 0 Å². The second kappa shape index (κ2) is 6.59. The van der Waals surface area contributed by atoms with Gasteiger partial charge in [-0.3, -0.25) is 4.79 Å². The van der Waals surface area contributed by atoms with E-state index in [0.29, 0.717) is 17.9 Å². The Morgan fingerprint density at radius 1 is 1.40 bits per heavy atom. The normalized spacial score (nSPS) is 17.6. The number of hydrogen-bond donors (Lipinski definition) is 2. The molecule has 0 unspecified atom stereocenters. The molecule has 1 amide bonds. The molecule has 1 saturated carbocycles. The monoisotopic (exact) mass is 341 g/mol. The molecule has 0 bridgehead atoms.